The molecule has 0 bridgehead atoms. The number of benzene rings is 1. The van der Waals surface area contributed by atoms with E-state index >= 15 is 0 Å². The van der Waals surface area contributed by atoms with Gasteiger partial charge in [-0.3, -0.25) is 4.72 Å². The van der Waals surface area contributed by atoms with Crippen molar-refractivity contribution in [3.63, 3.8) is 0 Å². The van der Waals surface area contributed by atoms with Crippen LogP contribution in [-0.4, -0.2) is 52.5 Å². The second-order valence-corrected chi connectivity index (χ2v) is 9.90. The Kier molecular flexibility index (Phi) is 7.10. The molecule has 3 aromatic rings. The fourth-order valence-electron chi connectivity index (χ4n) is 2.80. The van der Waals surface area contributed by atoms with E-state index in [-0.39, 0.29) is 24.5 Å². The average Bonchev–Trinajstić information content (AvgIpc) is 3.07. The van der Waals surface area contributed by atoms with Gasteiger partial charge in [-0.2, -0.15) is 15.0 Å². The van der Waals surface area contributed by atoms with Gasteiger partial charge < -0.3 is 14.9 Å². The summed E-state index contributed by atoms with van der Waals surface area (Å²) in [6.45, 7) is 3.97. The van der Waals surface area contributed by atoms with E-state index in [9.17, 15) is 13.5 Å². The molecule has 1 atom stereocenters. The van der Waals surface area contributed by atoms with Gasteiger partial charge in [0, 0.05) is 11.1 Å². The summed E-state index contributed by atoms with van der Waals surface area (Å²) >= 11 is 1.27. The Balaban J connectivity index is 1.83. The van der Waals surface area contributed by atoms with Gasteiger partial charge in [-0.05, 0) is 24.5 Å². The Morgan fingerprint density at radius 1 is 1.17 bits per heavy atom. The summed E-state index contributed by atoms with van der Waals surface area (Å²) in [5.74, 6) is 0.861. The molecule has 0 aliphatic rings. The van der Waals surface area contributed by atoms with Gasteiger partial charge in [0.2, 0.25) is 21.9 Å². The fraction of sp³-hybridized carbons (Fsp3) is 0.444. The third-order valence-corrected chi connectivity index (χ3v) is 5.40. The van der Waals surface area contributed by atoms with Crippen LogP contribution in [-0.2, 0) is 15.8 Å². The smallest absolute Gasteiger partial charge is 0.242 e. The van der Waals surface area contributed by atoms with Gasteiger partial charge >= 0.3 is 0 Å². The zero-order chi connectivity index (χ0) is 21.7. The van der Waals surface area contributed by atoms with Crippen molar-refractivity contribution in [2.45, 2.75) is 37.2 Å². The number of aliphatic hydroxyl groups is 1. The third-order valence-electron chi connectivity index (χ3n) is 3.99. The monoisotopic (exact) mass is 452 g/mol. The summed E-state index contributed by atoms with van der Waals surface area (Å²) in [4.78, 5) is 12.7. The highest BCUT2D eigenvalue weighted by Gasteiger charge is 2.16. The topological polar surface area (TPSA) is 143 Å². The molecule has 0 fully saturated rings. The Bertz CT molecular complexity index is 1100. The number of nitrogens with zero attached hydrogens (tertiary/aromatic N) is 4. The van der Waals surface area contributed by atoms with Gasteiger partial charge in [0.15, 0.2) is 10.7 Å². The lowest BCUT2D eigenvalue weighted by Crippen LogP contribution is -2.27. The van der Waals surface area contributed by atoms with Crippen LogP contribution in [0.2, 0.25) is 0 Å². The van der Waals surface area contributed by atoms with Crippen molar-refractivity contribution in [3.8, 4) is 0 Å². The first-order chi connectivity index (χ1) is 14.2. The Morgan fingerprint density at radius 2 is 1.90 bits per heavy atom. The van der Waals surface area contributed by atoms with E-state index in [2.05, 4.69) is 30.1 Å². The van der Waals surface area contributed by atoms with Gasteiger partial charge in [-0.1, -0.05) is 42.9 Å². The van der Waals surface area contributed by atoms with Gasteiger partial charge in [0.05, 0.1) is 18.9 Å². The van der Waals surface area contributed by atoms with Crippen LogP contribution in [0.1, 0.15) is 26.0 Å². The average molecular weight is 453 g/mol. The van der Waals surface area contributed by atoms with Crippen molar-refractivity contribution in [1.29, 1.82) is 0 Å². The first-order valence-corrected chi connectivity index (χ1v) is 12.2. The Hall–Kier alpha value is -2.44. The first-order valence-electron chi connectivity index (χ1n) is 9.31. The number of hydrogen-bond donors (Lipinski definition) is 3. The van der Waals surface area contributed by atoms with Crippen LogP contribution in [0, 0.1) is 5.92 Å². The number of hydrogen-bond acceptors (Lipinski definition) is 10. The number of para-hydroxylation sites is 1. The molecule has 162 valence electrons. The molecule has 1 aromatic carbocycles. The lowest BCUT2D eigenvalue weighted by molar-refractivity contribution is 0.259. The highest BCUT2D eigenvalue weighted by Crippen LogP contribution is 2.26. The van der Waals surface area contributed by atoms with E-state index in [0.29, 0.717) is 28.8 Å². The largest absolute Gasteiger partial charge is 0.394 e. The van der Waals surface area contributed by atoms with Crippen molar-refractivity contribution in [1.82, 2.24) is 20.1 Å². The summed E-state index contributed by atoms with van der Waals surface area (Å²) in [5, 5.41) is 18.0. The number of thioether (sulfide) groups is 1. The molecular formula is C18H24N6O4S2. The second kappa shape index (κ2) is 9.58. The third kappa shape index (κ3) is 6.28. The lowest BCUT2D eigenvalue weighted by atomic mass is 10.0. The molecule has 0 aliphatic heterocycles. The summed E-state index contributed by atoms with van der Waals surface area (Å²) in [7, 11) is -3.57. The SMILES string of the molecule is CC(C)C[C@H](CO)Nc1nc(NS(C)(=O)=O)nc(SCc2noc3ccccc23)n1. The van der Waals surface area contributed by atoms with E-state index < -0.39 is 10.0 Å². The van der Waals surface area contributed by atoms with Gasteiger partial charge in [-0.15, -0.1) is 0 Å². The minimum absolute atomic E-state index is 0.0938. The predicted molar refractivity (Wildman–Crippen MR) is 116 cm³/mol. The normalized spacial score (nSPS) is 13.0. The van der Waals surface area contributed by atoms with Crippen LogP contribution in [0.15, 0.2) is 33.9 Å². The second-order valence-electron chi connectivity index (χ2n) is 7.21. The summed E-state index contributed by atoms with van der Waals surface area (Å²) in [5.41, 5.74) is 1.42. The van der Waals surface area contributed by atoms with Gasteiger partial charge in [0.25, 0.3) is 0 Å². The van der Waals surface area contributed by atoms with E-state index in [0.717, 1.165) is 17.3 Å². The maximum absolute atomic E-state index is 11.6. The van der Waals surface area contributed by atoms with E-state index in [4.69, 9.17) is 4.52 Å². The Labute approximate surface area is 178 Å². The molecule has 0 unspecified atom stereocenters. The molecule has 10 nitrogen and oxygen atoms in total. The van der Waals surface area contributed by atoms with Crippen molar-refractivity contribution in [2.75, 3.05) is 22.9 Å². The maximum atomic E-state index is 11.6. The molecule has 2 heterocycles. The fourth-order valence-corrected chi connectivity index (χ4v) is 4.00. The van der Waals surface area contributed by atoms with Gasteiger partial charge in [-0.25, -0.2) is 8.42 Å². The lowest BCUT2D eigenvalue weighted by Gasteiger charge is -2.18. The number of aromatic nitrogens is 4. The zero-order valence-electron chi connectivity index (χ0n) is 16.9. The molecule has 0 amide bonds. The van der Waals surface area contributed by atoms with Crippen molar-refractivity contribution < 1.29 is 18.0 Å². The highest BCUT2D eigenvalue weighted by atomic mass is 32.2. The van der Waals surface area contributed by atoms with Crippen LogP contribution in [0.3, 0.4) is 0 Å². The van der Waals surface area contributed by atoms with E-state index in [1.54, 1.807) is 0 Å². The molecule has 2 aromatic heterocycles. The van der Waals surface area contributed by atoms with Crippen LogP contribution in [0.25, 0.3) is 11.0 Å². The quantitative estimate of drug-likeness (QED) is 0.392. The summed E-state index contributed by atoms with van der Waals surface area (Å²) in [6.07, 6.45) is 1.72. The van der Waals surface area contributed by atoms with Crippen molar-refractivity contribution >= 4 is 44.7 Å². The number of sulfonamides is 1. The van der Waals surface area contributed by atoms with E-state index in [1.807, 2.05) is 38.1 Å². The molecule has 0 saturated heterocycles. The van der Waals surface area contributed by atoms with E-state index in [1.165, 1.54) is 11.8 Å². The Morgan fingerprint density at radius 3 is 2.60 bits per heavy atom. The molecule has 0 aliphatic carbocycles. The minimum atomic E-state index is -3.57. The maximum Gasteiger partial charge on any atom is 0.242 e. The van der Waals surface area contributed by atoms with Gasteiger partial charge in [0.1, 0.15) is 5.69 Å². The van der Waals surface area contributed by atoms with Crippen LogP contribution >= 0.6 is 11.8 Å². The van der Waals surface area contributed by atoms with Crippen LogP contribution in [0.4, 0.5) is 11.9 Å². The molecule has 3 N–H and O–H groups in total. The minimum Gasteiger partial charge on any atom is -0.394 e. The summed E-state index contributed by atoms with van der Waals surface area (Å²) in [6, 6.07) is 7.24. The van der Waals surface area contributed by atoms with Crippen molar-refractivity contribution in [2.24, 2.45) is 5.92 Å². The zero-order valence-corrected chi connectivity index (χ0v) is 18.5. The molecular weight excluding hydrogens is 428 g/mol. The predicted octanol–water partition coefficient (Wildman–Crippen LogP) is 2.50. The van der Waals surface area contributed by atoms with Crippen LogP contribution in [0.5, 0.6) is 0 Å². The standard InChI is InChI=1S/C18H24N6O4S2/c1-11(2)8-12(9-25)19-16-20-17(24-30(3,26)27)22-18(21-16)29-10-14-13-6-4-5-7-15(13)28-23-14/h4-7,11-12,25H,8-10H2,1-3H3,(H2,19,20,21,22,24)/t12-/m1/s1. The van der Waals surface area contributed by atoms with Crippen LogP contribution < -0.4 is 10.0 Å². The highest BCUT2D eigenvalue weighted by molar-refractivity contribution is 7.98. The first kappa shape index (κ1) is 22.2. The molecule has 0 spiro atoms. The van der Waals surface area contributed by atoms with Crippen molar-refractivity contribution in [3.05, 3.63) is 30.0 Å². The molecule has 0 radical (unpaired) electrons. The molecule has 12 heteroatoms. The number of aliphatic hydroxyl groups excluding tert-OH is 1. The number of nitrogens with one attached hydrogen (secondary N) is 2. The number of fused-ring (bicyclic) bond motifs is 1. The number of anilines is 2. The summed E-state index contributed by atoms with van der Waals surface area (Å²) < 4.78 is 30.9. The molecule has 30 heavy (non-hydrogen) atoms. The molecule has 0 saturated carbocycles. The number of rotatable bonds is 10. The molecule has 3 rings (SSSR count).